The highest BCUT2D eigenvalue weighted by molar-refractivity contribution is 5.48. The second-order valence-corrected chi connectivity index (χ2v) is 4.43. The number of piperidine rings is 1. The van der Waals surface area contributed by atoms with Crippen molar-refractivity contribution in [2.75, 3.05) is 18.0 Å². The second kappa shape index (κ2) is 4.67. The lowest BCUT2D eigenvalue weighted by Gasteiger charge is -2.29. The van der Waals surface area contributed by atoms with Crippen LogP contribution < -0.4 is 10.6 Å². The number of rotatable bonds is 2. The van der Waals surface area contributed by atoms with E-state index in [9.17, 15) is 0 Å². The zero-order valence-corrected chi connectivity index (χ0v) is 9.45. The molecule has 1 saturated heterocycles. The van der Waals surface area contributed by atoms with Crippen molar-refractivity contribution in [3.8, 4) is 0 Å². The first kappa shape index (κ1) is 10.5. The quantitative estimate of drug-likeness (QED) is 0.802. The molecule has 2 heteroatoms. The molecule has 0 aliphatic carbocycles. The number of hydrogen-bond acceptors (Lipinski definition) is 2. The van der Waals surface area contributed by atoms with Gasteiger partial charge in [0.15, 0.2) is 0 Å². The third-order valence-corrected chi connectivity index (χ3v) is 3.14. The van der Waals surface area contributed by atoms with E-state index in [2.05, 4.69) is 29.2 Å². The van der Waals surface area contributed by atoms with Crippen LogP contribution in [0.15, 0.2) is 24.3 Å². The Kier molecular flexibility index (Phi) is 3.27. The van der Waals surface area contributed by atoms with Crippen molar-refractivity contribution < 1.29 is 0 Å². The van der Waals surface area contributed by atoms with Crippen molar-refractivity contribution in [1.29, 1.82) is 0 Å². The summed E-state index contributed by atoms with van der Waals surface area (Å²) in [7, 11) is 0. The number of nitrogens with zero attached hydrogens (tertiary/aromatic N) is 1. The molecule has 0 saturated carbocycles. The average Bonchev–Trinajstić information content (AvgIpc) is 2.30. The smallest absolute Gasteiger partial charge is 0.0366 e. The van der Waals surface area contributed by atoms with E-state index in [0.717, 1.165) is 0 Å². The molecule has 15 heavy (non-hydrogen) atoms. The maximum absolute atomic E-state index is 5.83. The lowest BCUT2D eigenvalue weighted by Crippen LogP contribution is -2.29. The van der Waals surface area contributed by atoms with Crippen LogP contribution in [0.25, 0.3) is 0 Å². The highest BCUT2D eigenvalue weighted by atomic mass is 15.1. The number of benzene rings is 1. The molecule has 2 rings (SSSR count). The minimum absolute atomic E-state index is 0.139. The van der Waals surface area contributed by atoms with Gasteiger partial charge in [-0.2, -0.15) is 0 Å². The largest absolute Gasteiger partial charge is 0.372 e. The van der Waals surface area contributed by atoms with Gasteiger partial charge in [0.05, 0.1) is 0 Å². The Morgan fingerprint density at radius 1 is 1.07 bits per heavy atom. The zero-order chi connectivity index (χ0) is 10.7. The summed E-state index contributed by atoms with van der Waals surface area (Å²) in [5.74, 6) is 0. The summed E-state index contributed by atoms with van der Waals surface area (Å²) in [5.41, 5.74) is 8.39. The molecule has 0 spiro atoms. The van der Waals surface area contributed by atoms with Gasteiger partial charge in [-0.1, -0.05) is 12.1 Å². The van der Waals surface area contributed by atoms with E-state index in [4.69, 9.17) is 5.73 Å². The first-order valence-electron chi connectivity index (χ1n) is 5.88. The molecule has 0 aromatic heterocycles. The van der Waals surface area contributed by atoms with Gasteiger partial charge in [0.1, 0.15) is 0 Å². The molecular weight excluding hydrogens is 184 g/mol. The van der Waals surface area contributed by atoms with Crippen molar-refractivity contribution in [1.82, 2.24) is 0 Å². The number of nitrogens with two attached hydrogens (primary N) is 1. The van der Waals surface area contributed by atoms with Gasteiger partial charge >= 0.3 is 0 Å². The molecule has 1 aliphatic heterocycles. The van der Waals surface area contributed by atoms with Gasteiger partial charge in [0, 0.05) is 24.8 Å². The lowest BCUT2D eigenvalue weighted by atomic mass is 10.1. The normalized spacial score (nSPS) is 18.9. The van der Waals surface area contributed by atoms with Gasteiger partial charge in [-0.3, -0.25) is 0 Å². The van der Waals surface area contributed by atoms with Crippen molar-refractivity contribution in [3.05, 3.63) is 29.8 Å². The summed E-state index contributed by atoms with van der Waals surface area (Å²) < 4.78 is 0. The molecule has 2 nitrogen and oxygen atoms in total. The highest BCUT2D eigenvalue weighted by Crippen LogP contribution is 2.21. The monoisotopic (exact) mass is 204 g/mol. The average molecular weight is 204 g/mol. The summed E-state index contributed by atoms with van der Waals surface area (Å²) in [6.07, 6.45) is 4.04. The van der Waals surface area contributed by atoms with E-state index in [1.54, 1.807) is 0 Å². The molecule has 1 heterocycles. The van der Waals surface area contributed by atoms with E-state index < -0.39 is 0 Å². The van der Waals surface area contributed by atoms with Gasteiger partial charge < -0.3 is 10.6 Å². The van der Waals surface area contributed by atoms with Crippen LogP contribution in [0.5, 0.6) is 0 Å². The van der Waals surface area contributed by atoms with Crippen LogP contribution >= 0.6 is 0 Å². The minimum atomic E-state index is 0.139. The first-order chi connectivity index (χ1) is 7.27. The van der Waals surface area contributed by atoms with Crippen LogP contribution in [-0.2, 0) is 0 Å². The molecule has 1 atom stereocenters. The second-order valence-electron chi connectivity index (χ2n) is 4.43. The Labute approximate surface area is 92.1 Å². The fraction of sp³-hybridized carbons (Fsp3) is 0.538. The molecule has 2 N–H and O–H groups in total. The van der Waals surface area contributed by atoms with E-state index in [1.165, 1.54) is 43.6 Å². The first-order valence-corrected chi connectivity index (χ1v) is 5.88. The van der Waals surface area contributed by atoms with Gasteiger partial charge in [0.25, 0.3) is 0 Å². The molecule has 1 aromatic carbocycles. The Morgan fingerprint density at radius 2 is 1.67 bits per heavy atom. The fourth-order valence-electron chi connectivity index (χ4n) is 2.14. The van der Waals surface area contributed by atoms with Crippen LogP contribution in [0.2, 0.25) is 0 Å². The van der Waals surface area contributed by atoms with Crippen LogP contribution in [0.3, 0.4) is 0 Å². The molecule has 0 amide bonds. The van der Waals surface area contributed by atoms with Gasteiger partial charge in [-0.15, -0.1) is 0 Å². The Bertz CT molecular complexity index is 297. The van der Waals surface area contributed by atoms with E-state index in [0.29, 0.717) is 0 Å². The number of anilines is 1. The summed E-state index contributed by atoms with van der Waals surface area (Å²) in [6, 6.07) is 8.83. The van der Waals surface area contributed by atoms with Gasteiger partial charge in [-0.05, 0) is 43.9 Å². The SMILES string of the molecule is C[C@@H](N)c1ccc(N2CCCCC2)cc1. The van der Waals surface area contributed by atoms with Crippen LogP contribution in [-0.4, -0.2) is 13.1 Å². The van der Waals surface area contributed by atoms with Crippen molar-refractivity contribution in [3.63, 3.8) is 0 Å². The van der Waals surface area contributed by atoms with Crippen LogP contribution in [0, 0.1) is 0 Å². The molecule has 0 unspecified atom stereocenters. The lowest BCUT2D eigenvalue weighted by molar-refractivity contribution is 0.578. The van der Waals surface area contributed by atoms with Gasteiger partial charge in [0.2, 0.25) is 0 Å². The maximum Gasteiger partial charge on any atom is 0.0366 e. The van der Waals surface area contributed by atoms with Crippen LogP contribution in [0.1, 0.15) is 37.8 Å². The van der Waals surface area contributed by atoms with Crippen LogP contribution in [0.4, 0.5) is 5.69 Å². The van der Waals surface area contributed by atoms with Crippen molar-refractivity contribution >= 4 is 5.69 Å². The molecule has 1 fully saturated rings. The molecule has 0 bridgehead atoms. The summed E-state index contributed by atoms with van der Waals surface area (Å²) in [6.45, 7) is 4.44. The maximum atomic E-state index is 5.83. The Morgan fingerprint density at radius 3 is 2.20 bits per heavy atom. The minimum Gasteiger partial charge on any atom is -0.372 e. The predicted octanol–water partition coefficient (Wildman–Crippen LogP) is 2.70. The summed E-state index contributed by atoms with van der Waals surface area (Å²) in [4.78, 5) is 2.47. The molecular formula is C13H20N2. The number of hydrogen-bond donors (Lipinski definition) is 1. The van der Waals surface area contributed by atoms with Crippen molar-refractivity contribution in [2.24, 2.45) is 5.73 Å². The fourth-order valence-corrected chi connectivity index (χ4v) is 2.14. The van der Waals surface area contributed by atoms with Crippen molar-refractivity contribution in [2.45, 2.75) is 32.2 Å². The Balaban J connectivity index is 2.08. The molecule has 82 valence electrons. The topological polar surface area (TPSA) is 29.3 Å². The highest BCUT2D eigenvalue weighted by Gasteiger charge is 2.10. The van der Waals surface area contributed by atoms with E-state index >= 15 is 0 Å². The molecule has 0 radical (unpaired) electrons. The molecule has 1 aromatic rings. The Hall–Kier alpha value is -1.02. The third kappa shape index (κ3) is 2.51. The third-order valence-electron chi connectivity index (χ3n) is 3.14. The standard InChI is InChI=1S/C13H20N2/c1-11(14)12-5-7-13(8-6-12)15-9-3-2-4-10-15/h5-8,11H,2-4,9-10,14H2,1H3/t11-/m1/s1. The molecule has 1 aliphatic rings. The van der Waals surface area contributed by atoms with E-state index in [1.807, 2.05) is 6.92 Å². The van der Waals surface area contributed by atoms with E-state index in [-0.39, 0.29) is 6.04 Å². The zero-order valence-electron chi connectivity index (χ0n) is 9.45. The van der Waals surface area contributed by atoms with Gasteiger partial charge in [-0.25, -0.2) is 0 Å². The summed E-state index contributed by atoms with van der Waals surface area (Å²) in [5, 5.41) is 0. The predicted molar refractivity (Wildman–Crippen MR) is 65.1 cm³/mol. The summed E-state index contributed by atoms with van der Waals surface area (Å²) >= 11 is 0.